The summed E-state index contributed by atoms with van der Waals surface area (Å²) in [5.41, 5.74) is 0.918. The van der Waals surface area contributed by atoms with Gasteiger partial charge in [-0.2, -0.15) is 0 Å². The van der Waals surface area contributed by atoms with Crippen LogP contribution in [0.15, 0.2) is 30.3 Å². The molecule has 0 radical (unpaired) electrons. The zero-order chi connectivity index (χ0) is 14.5. The lowest BCUT2D eigenvalue weighted by molar-refractivity contribution is -0.139. The summed E-state index contributed by atoms with van der Waals surface area (Å²) in [6.45, 7) is 9.29. The number of hydrogen-bond donors (Lipinski definition) is 0. The number of nitrogens with zero attached hydrogens (tertiary/aromatic N) is 1. The second-order valence-corrected chi connectivity index (χ2v) is 6.51. The van der Waals surface area contributed by atoms with E-state index in [0.29, 0.717) is 18.4 Å². The molecule has 2 fully saturated rings. The van der Waals surface area contributed by atoms with Crippen molar-refractivity contribution in [3.8, 4) is 0 Å². The van der Waals surface area contributed by atoms with Gasteiger partial charge < -0.3 is 9.64 Å². The summed E-state index contributed by atoms with van der Waals surface area (Å²) in [4.78, 5) is 14.8. The highest BCUT2D eigenvalue weighted by atomic mass is 16.5. The normalized spacial score (nSPS) is 36.8. The standard InChI is InChI=1S/C17H23NO2/c1-11(2)17-10-20-16(14-8-6-5-7-9-14)18(17)15(19)12(3)13(17)4/h5-9,11-13,16H,10H2,1-4H3. The van der Waals surface area contributed by atoms with Crippen LogP contribution in [0.5, 0.6) is 0 Å². The van der Waals surface area contributed by atoms with Gasteiger partial charge in [0.05, 0.1) is 12.1 Å². The van der Waals surface area contributed by atoms with Crippen LogP contribution < -0.4 is 0 Å². The SMILES string of the molecule is CC1C(=O)N2C(c3ccccc3)OCC2(C(C)C)C1C. The molecule has 2 heterocycles. The van der Waals surface area contributed by atoms with Crippen LogP contribution in [0.25, 0.3) is 0 Å². The van der Waals surface area contributed by atoms with E-state index in [0.717, 1.165) is 5.56 Å². The molecule has 2 saturated heterocycles. The number of carbonyl (C=O) groups is 1. The van der Waals surface area contributed by atoms with Gasteiger partial charge in [-0.05, 0) is 11.8 Å². The van der Waals surface area contributed by atoms with E-state index in [-0.39, 0.29) is 23.6 Å². The van der Waals surface area contributed by atoms with Crippen LogP contribution in [-0.2, 0) is 9.53 Å². The molecule has 4 atom stereocenters. The fourth-order valence-electron chi connectivity index (χ4n) is 3.95. The van der Waals surface area contributed by atoms with Gasteiger partial charge in [0, 0.05) is 11.5 Å². The fourth-order valence-corrected chi connectivity index (χ4v) is 3.95. The largest absolute Gasteiger partial charge is 0.351 e. The molecule has 0 spiro atoms. The van der Waals surface area contributed by atoms with E-state index < -0.39 is 0 Å². The first-order valence-corrected chi connectivity index (χ1v) is 7.50. The molecule has 2 aliphatic heterocycles. The maximum Gasteiger partial charge on any atom is 0.228 e. The molecule has 0 N–H and O–H groups in total. The number of ether oxygens (including phenoxy) is 1. The molecule has 0 bridgehead atoms. The van der Waals surface area contributed by atoms with Gasteiger partial charge in [-0.25, -0.2) is 0 Å². The summed E-state index contributed by atoms with van der Waals surface area (Å²) in [5, 5.41) is 0. The van der Waals surface area contributed by atoms with Crippen molar-refractivity contribution < 1.29 is 9.53 Å². The third-order valence-corrected chi connectivity index (χ3v) is 5.41. The highest BCUT2D eigenvalue weighted by molar-refractivity contribution is 5.83. The van der Waals surface area contributed by atoms with E-state index >= 15 is 0 Å². The quantitative estimate of drug-likeness (QED) is 0.828. The predicted octanol–water partition coefficient (Wildman–Crippen LogP) is 3.22. The van der Waals surface area contributed by atoms with Crippen LogP contribution in [0, 0.1) is 17.8 Å². The lowest BCUT2D eigenvalue weighted by atomic mass is 9.75. The molecule has 20 heavy (non-hydrogen) atoms. The average Bonchev–Trinajstić information content (AvgIpc) is 2.94. The topological polar surface area (TPSA) is 29.5 Å². The summed E-state index contributed by atoms with van der Waals surface area (Å²) in [6.07, 6.45) is -0.224. The third kappa shape index (κ3) is 1.59. The van der Waals surface area contributed by atoms with E-state index in [4.69, 9.17) is 4.74 Å². The molecule has 1 aromatic carbocycles. The van der Waals surface area contributed by atoms with E-state index in [1.54, 1.807) is 0 Å². The summed E-state index contributed by atoms with van der Waals surface area (Å²) >= 11 is 0. The molecule has 0 saturated carbocycles. The van der Waals surface area contributed by atoms with E-state index in [1.807, 2.05) is 35.2 Å². The second kappa shape index (κ2) is 4.59. The van der Waals surface area contributed by atoms with Crippen molar-refractivity contribution in [1.82, 2.24) is 4.90 Å². The molecule has 1 aromatic rings. The second-order valence-electron chi connectivity index (χ2n) is 6.51. The minimum absolute atomic E-state index is 0.0764. The Bertz CT molecular complexity index is 513. The Balaban J connectivity index is 2.06. The highest BCUT2D eigenvalue weighted by Crippen LogP contribution is 2.53. The molecule has 3 rings (SSSR count). The molecule has 0 aliphatic carbocycles. The van der Waals surface area contributed by atoms with Crippen LogP contribution in [0.1, 0.15) is 39.5 Å². The molecule has 1 amide bonds. The minimum atomic E-state index is -0.224. The number of rotatable bonds is 2. The van der Waals surface area contributed by atoms with Crippen LogP contribution in [0.3, 0.4) is 0 Å². The Labute approximate surface area is 120 Å². The van der Waals surface area contributed by atoms with Gasteiger partial charge in [-0.1, -0.05) is 58.0 Å². The lowest BCUT2D eigenvalue weighted by Gasteiger charge is -2.39. The average molecular weight is 273 g/mol. The smallest absolute Gasteiger partial charge is 0.228 e. The minimum Gasteiger partial charge on any atom is -0.351 e. The van der Waals surface area contributed by atoms with E-state index in [9.17, 15) is 4.79 Å². The van der Waals surface area contributed by atoms with Gasteiger partial charge in [-0.15, -0.1) is 0 Å². The molecule has 4 unspecified atom stereocenters. The van der Waals surface area contributed by atoms with Gasteiger partial charge in [-0.3, -0.25) is 4.79 Å². The zero-order valence-corrected chi connectivity index (χ0v) is 12.7. The molecule has 3 nitrogen and oxygen atoms in total. The maximum atomic E-state index is 12.7. The molecular formula is C17H23NO2. The van der Waals surface area contributed by atoms with Crippen molar-refractivity contribution in [3.05, 3.63) is 35.9 Å². The summed E-state index contributed by atoms with van der Waals surface area (Å²) < 4.78 is 6.06. The Morgan fingerprint density at radius 1 is 1.25 bits per heavy atom. The summed E-state index contributed by atoms with van der Waals surface area (Å²) in [6, 6.07) is 10.1. The molecular weight excluding hydrogens is 250 g/mol. The first kappa shape index (κ1) is 13.6. The number of amides is 1. The Kier molecular flexibility index (Phi) is 3.13. The highest BCUT2D eigenvalue weighted by Gasteiger charge is 2.62. The van der Waals surface area contributed by atoms with Crippen molar-refractivity contribution >= 4 is 5.91 Å². The number of hydrogen-bond acceptors (Lipinski definition) is 2. The van der Waals surface area contributed by atoms with Crippen LogP contribution in [0.4, 0.5) is 0 Å². The third-order valence-electron chi connectivity index (χ3n) is 5.41. The summed E-state index contributed by atoms with van der Waals surface area (Å²) in [7, 11) is 0. The van der Waals surface area contributed by atoms with Gasteiger partial charge in [0.2, 0.25) is 5.91 Å². The first-order valence-electron chi connectivity index (χ1n) is 7.50. The van der Waals surface area contributed by atoms with Crippen molar-refractivity contribution in [1.29, 1.82) is 0 Å². The van der Waals surface area contributed by atoms with Crippen molar-refractivity contribution in [3.63, 3.8) is 0 Å². The molecule has 3 heteroatoms. The van der Waals surface area contributed by atoms with Crippen LogP contribution >= 0.6 is 0 Å². The van der Waals surface area contributed by atoms with E-state index in [1.165, 1.54) is 0 Å². The predicted molar refractivity (Wildman–Crippen MR) is 77.9 cm³/mol. The zero-order valence-electron chi connectivity index (χ0n) is 12.7. The number of carbonyl (C=O) groups excluding carboxylic acids is 1. The first-order chi connectivity index (χ1) is 9.50. The van der Waals surface area contributed by atoms with Crippen molar-refractivity contribution in [2.24, 2.45) is 17.8 Å². The summed E-state index contributed by atoms with van der Waals surface area (Å²) in [5.74, 6) is 1.02. The monoisotopic (exact) mass is 273 g/mol. The van der Waals surface area contributed by atoms with Crippen molar-refractivity contribution in [2.45, 2.75) is 39.5 Å². The Morgan fingerprint density at radius 3 is 2.50 bits per heavy atom. The maximum absolute atomic E-state index is 12.7. The molecule has 108 valence electrons. The van der Waals surface area contributed by atoms with Gasteiger partial charge >= 0.3 is 0 Å². The lowest BCUT2D eigenvalue weighted by Crippen LogP contribution is -2.50. The van der Waals surface area contributed by atoms with Crippen molar-refractivity contribution in [2.75, 3.05) is 6.61 Å². The van der Waals surface area contributed by atoms with Gasteiger partial charge in [0.15, 0.2) is 6.23 Å². The van der Waals surface area contributed by atoms with E-state index in [2.05, 4.69) is 27.7 Å². The van der Waals surface area contributed by atoms with Gasteiger partial charge in [0.1, 0.15) is 0 Å². The molecule has 0 aromatic heterocycles. The number of benzene rings is 1. The van der Waals surface area contributed by atoms with Crippen LogP contribution in [0.2, 0.25) is 0 Å². The fraction of sp³-hybridized carbons (Fsp3) is 0.588. The van der Waals surface area contributed by atoms with Gasteiger partial charge in [0.25, 0.3) is 0 Å². The Hall–Kier alpha value is -1.35. The Morgan fingerprint density at radius 2 is 1.90 bits per heavy atom. The molecule has 2 aliphatic rings. The number of fused-ring (bicyclic) bond motifs is 1. The van der Waals surface area contributed by atoms with Crippen LogP contribution in [-0.4, -0.2) is 23.0 Å².